The number of rotatable bonds is 4. The molecule has 0 N–H and O–H groups in total. The van der Waals surface area contributed by atoms with Gasteiger partial charge in [0.2, 0.25) is 0 Å². The quantitative estimate of drug-likeness (QED) is 0.481. The minimum atomic E-state index is -1.47. The molecule has 3 nitrogen and oxygen atoms in total. The van der Waals surface area contributed by atoms with Crippen molar-refractivity contribution in [2.24, 2.45) is 5.41 Å². The van der Waals surface area contributed by atoms with Crippen LogP contribution in [0.1, 0.15) is 23.7 Å². The number of esters is 1. The number of allylic oxidation sites excluding steroid dienone is 3. The molecule has 2 aliphatic rings. The fraction of sp³-hybridized carbons (Fsp3) is 0.167. The van der Waals surface area contributed by atoms with E-state index in [2.05, 4.69) is 0 Å². The van der Waals surface area contributed by atoms with E-state index in [1.54, 1.807) is 25.1 Å². The second kappa shape index (κ2) is 6.84. The highest BCUT2D eigenvalue weighted by Crippen LogP contribution is 2.42. The van der Waals surface area contributed by atoms with Gasteiger partial charge in [-0.25, -0.2) is 0 Å². The summed E-state index contributed by atoms with van der Waals surface area (Å²) in [7, 11) is 0. The Bertz CT molecular complexity index is 1090. The third kappa shape index (κ3) is 2.67. The van der Waals surface area contributed by atoms with Crippen molar-refractivity contribution in [3.8, 4) is 0 Å². The molecule has 0 aromatic heterocycles. The molecule has 0 heterocycles. The van der Waals surface area contributed by atoms with E-state index in [4.69, 9.17) is 4.74 Å². The minimum absolute atomic E-state index is 0.219. The third-order valence-electron chi connectivity index (χ3n) is 5.07. The van der Waals surface area contributed by atoms with E-state index >= 15 is 0 Å². The molecule has 0 saturated heterocycles. The number of fused-ring (bicyclic) bond motifs is 2. The summed E-state index contributed by atoms with van der Waals surface area (Å²) in [5.74, 6) is -0.775. The molecule has 0 fully saturated rings. The van der Waals surface area contributed by atoms with Gasteiger partial charge in [0.25, 0.3) is 0 Å². The van der Waals surface area contributed by atoms with Crippen molar-refractivity contribution in [1.29, 1.82) is 0 Å². The zero-order valence-electron chi connectivity index (χ0n) is 15.1. The van der Waals surface area contributed by atoms with Crippen LogP contribution < -0.4 is 10.4 Å². The van der Waals surface area contributed by atoms with Crippen LogP contribution in [-0.2, 0) is 9.53 Å². The van der Waals surface area contributed by atoms with E-state index in [9.17, 15) is 9.59 Å². The molecular formula is C24H20O3. The largest absolute Gasteiger partial charge is 0.465 e. The fourth-order valence-corrected chi connectivity index (χ4v) is 3.87. The fourth-order valence-electron chi connectivity index (χ4n) is 3.87. The summed E-state index contributed by atoms with van der Waals surface area (Å²) >= 11 is 0. The summed E-state index contributed by atoms with van der Waals surface area (Å²) in [5.41, 5.74) is 0.662. The third-order valence-corrected chi connectivity index (χ3v) is 5.07. The lowest BCUT2D eigenvalue weighted by atomic mass is 9.67. The van der Waals surface area contributed by atoms with Crippen molar-refractivity contribution in [2.75, 3.05) is 6.61 Å². The van der Waals surface area contributed by atoms with E-state index in [0.29, 0.717) is 12.0 Å². The highest BCUT2D eigenvalue weighted by atomic mass is 16.5. The highest BCUT2D eigenvalue weighted by Gasteiger charge is 2.50. The molecule has 1 unspecified atom stereocenters. The zero-order valence-corrected chi connectivity index (χ0v) is 15.1. The van der Waals surface area contributed by atoms with Gasteiger partial charge < -0.3 is 4.74 Å². The average Bonchev–Trinajstić information content (AvgIpc) is 2.73. The number of hydrogen-bond donors (Lipinski definition) is 0. The molecule has 1 atom stereocenters. The predicted octanol–water partition coefficient (Wildman–Crippen LogP) is 2.95. The number of ether oxygens (including phenoxy) is 1. The second-order valence-corrected chi connectivity index (χ2v) is 6.62. The maximum Gasteiger partial charge on any atom is 0.328 e. The molecule has 2 aromatic rings. The maximum absolute atomic E-state index is 13.7. The highest BCUT2D eigenvalue weighted by molar-refractivity contribution is 6.22. The Labute approximate surface area is 158 Å². The Morgan fingerprint density at radius 3 is 2.56 bits per heavy atom. The van der Waals surface area contributed by atoms with Crippen LogP contribution in [0.15, 0.2) is 78.4 Å². The molecule has 3 heteroatoms. The number of benzene rings is 2. The van der Waals surface area contributed by atoms with Crippen LogP contribution in [0.25, 0.3) is 11.6 Å². The summed E-state index contributed by atoms with van der Waals surface area (Å²) in [6, 6.07) is 16.8. The van der Waals surface area contributed by atoms with Crippen molar-refractivity contribution in [3.63, 3.8) is 0 Å². The van der Waals surface area contributed by atoms with Gasteiger partial charge in [0.1, 0.15) is 0 Å². The molecular weight excluding hydrogens is 336 g/mol. The van der Waals surface area contributed by atoms with Gasteiger partial charge in [-0.2, -0.15) is 0 Å². The molecule has 0 bridgehead atoms. The van der Waals surface area contributed by atoms with Crippen molar-refractivity contribution >= 4 is 23.4 Å². The smallest absolute Gasteiger partial charge is 0.328 e. The predicted molar refractivity (Wildman–Crippen MR) is 105 cm³/mol. The van der Waals surface area contributed by atoms with Crippen molar-refractivity contribution in [1.82, 2.24) is 0 Å². The van der Waals surface area contributed by atoms with Gasteiger partial charge in [-0.1, -0.05) is 72.8 Å². The van der Waals surface area contributed by atoms with Gasteiger partial charge in [0, 0.05) is 5.56 Å². The molecule has 0 aliphatic heterocycles. The Balaban J connectivity index is 2.05. The van der Waals surface area contributed by atoms with Gasteiger partial charge in [0.05, 0.1) is 6.61 Å². The molecule has 0 amide bonds. The SMILES string of the molecule is CCOC(=O)C1(C(=O)c2ccccc2)C=c2ccccc2=C2C=CCC=C21. The molecule has 4 rings (SSSR count). The Morgan fingerprint density at radius 1 is 1.04 bits per heavy atom. The summed E-state index contributed by atoms with van der Waals surface area (Å²) in [6.45, 7) is 1.98. The standard InChI is InChI=1S/C24H20O3/c1-2-27-23(26)24(22(25)17-10-4-3-5-11-17)16-18-12-6-7-13-19(18)20-14-8-9-15-21(20)24/h3-8,10-16H,2,9H2,1H3. The summed E-state index contributed by atoms with van der Waals surface area (Å²) in [4.78, 5) is 26.9. The van der Waals surface area contributed by atoms with Crippen molar-refractivity contribution < 1.29 is 14.3 Å². The van der Waals surface area contributed by atoms with Crippen molar-refractivity contribution in [3.05, 3.63) is 94.4 Å². The van der Waals surface area contributed by atoms with Gasteiger partial charge in [0.15, 0.2) is 11.2 Å². The van der Waals surface area contributed by atoms with E-state index in [1.165, 1.54) is 0 Å². The second-order valence-electron chi connectivity index (χ2n) is 6.62. The first kappa shape index (κ1) is 17.2. The Hall–Kier alpha value is -3.20. The number of Topliss-reactive ketones (excluding diaryl/α,β-unsaturated/α-hetero) is 1. The minimum Gasteiger partial charge on any atom is -0.465 e. The maximum atomic E-state index is 13.7. The first-order chi connectivity index (χ1) is 13.2. The molecule has 27 heavy (non-hydrogen) atoms. The van der Waals surface area contributed by atoms with Crippen LogP contribution in [0.3, 0.4) is 0 Å². The topological polar surface area (TPSA) is 43.4 Å². The molecule has 134 valence electrons. The van der Waals surface area contributed by atoms with Crippen LogP contribution in [0, 0.1) is 5.41 Å². The summed E-state index contributed by atoms with van der Waals surface area (Å²) < 4.78 is 5.42. The lowest BCUT2D eigenvalue weighted by Gasteiger charge is -2.34. The van der Waals surface area contributed by atoms with Gasteiger partial charge in [-0.3, -0.25) is 9.59 Å². The van der Waals surface area contributed by atoms with Crippen LogP contribution in [-0.4, -0.2) is 18.4 Å². The first-order valence-corrected chi connectivity index (χ1v) is 9.15. The summed E-state index contributed by atoms with van der Waals surface area (Å²) in [6.07, 6.45) is 8.49. The van der Waals surface area contributed by atoms with Crippen LogP contribution in [0.4, 0.5) is 0 Å². The van der Waals surface area contributed by atoms with Gasteiger partial charge in [-0.15, -0.1) is 0 Å². The molecule has 0 saturated carbocycles. The van der Waals surface area contributed by atoms with Crippen LogP contribution >= 0.6 is 0 Å². The molecule has 2 aliphatic carbocycles. The normalized spacial score (nSPS) is 20.0. The summed E-state index contributed by atoms with van der Waals surface area (Å²) in [5, 5.41) is 1.90. The monoisotopic (exact) mass is 356 g/mol. The number of carbonyl (C=O) groups is 2. The molecule has 0 radical (unpaired) electrons. The lowest BCUT2D eigenvalue weighted by Crippen LogP contribution is -2.48. The molecule has 2 aromatic carbocycles. The zero-order chi connectivity index (χ0) is 18.9. The van der Waals surface area contributed by atoms with E-state index < -0.39 is 11.4 Å². The number of hydrogen-bond acceptors (Lipinski definition) is 3. The van der Waals surface area contributed by atoms with E-state index in [1.807, 2.05) is 60.7 Å². The number of carbonyl (C=O) groups excluding carboxylic acids is 2. The van der Waals surface area contributed by atoms with E-state index in [-0.39, 0.29) is 12.4 Å². The lowest BCUT2D eigenvalue weighted by molar-refractivity contribution is -0.147. The van der Waals surface area contributed by atoms with E-state index in [0.717, 1.165) is 21.6 Å². The number of ketones is 1. The van der Waals surface area contributed by atoms with Crippen molar-refractivity contribution in [2.45, 2.75) is 13.3 Å². The van der Waals surface area contributed by atoms with Crippen LogP contribution in [0.2, 0.25) is 0 Å². The van der Waals surface area contributed by atoms with Crippen LogP contribution in [0.5, 0.6) is 0 Å². The van der Waals surface area contributed by atoms with Gasteiger partial charge in [-0.05, 0) is 41.0 Å². The first-order valence-electron chi connectivity index (χ1n) is 9.15. The Kier molecular flexibility index (Phi) is 4.36. The molecule has 0 spiro atoms. The Morgan fingerprint density at radius 2 is 1.78 bits per heavy atom. The average molecular weight is 356 g/mol. The van der Waals surface area contributed by atoms with Gasteiger partial charge >= 0.3 is 5.97 Å².